The molecule has 0 bridgehead atoms. The van der Waals surface area contributed by atoms with Crippen molar-refractivity contribution in [1.29, 1.82) is 0 Å². The molecular formula is C17H12ClFN6S. The zero-order valence-corrected chi connectivity index (χ0v) is 15.1. The van der Waals surface area contributed by atoms with Crippen molar-refractivity contribution < 1.29 is 4.39 Å². The molecule has 9 heteroatoms. The van der Waals surface area contributed by atoms with Crippen molar-refractivity contribution in [2.24, 2.45) is 0 Å². The molecule has 0 spiro atoms. The van der Waals surface area contributed by atoms with Gasteiger partial charge in [-0.2, -0.15) is 0 Å². The summed E-state index contributed by atoms with van der Waals surface area (Å²) in [6, 6.07) is 6.30. The summed E-state index contributed by atoms with van der Waals surface area (Å²) in [6.45, 7) is 1.87. The van der Waals surface area contributed by atoms with Gasteiger partial charge < -0.3 is 11.1 Å². The summed E-state index contributed by atoms with van der Waals surface area (Å²) in [5, 5.41) is 3.83. The van der Waals surface area contributed by atoms with Crippen molar-refractivity contribution in [3.63, 3.8) is 0 Å². The lowest BCUT2D eigenvalue weighted by Crippen LogP contribution is -1.97. The predicted molar refractivity (Wildman–Crippen MR) is 102 cm³/mol. The molecule has 3 N–H and O–H groups in total. The number of nitrogens with one attached hydrogen (secondary N) is 1. The van der Waals surface area contributed by atoms with Crippen molar-refractivity contribution in [1.82, 2.24) is 19.9 Å². The highest BCUT2D eigenvalue weighted by atomic mass is 35.5. The molecule has 0 unspecified atom stereocenters. The Morgan fingerprint density at radius 1 is 1.19 bits per heavy atom. The Hall–Kier alpha value is -2.84. The molecule has 0 aliphatic rings. The Morgan fingerprint density at radius 2 is 2.04 bits per heavy atom. The molecule has 0 radical (unpaired) electrons. The average molecular weight is 387 g/mol. The molecule has 3 heterocycles. The van der Waals surface area contributed by atoms with Crippen LogP contribution in [0.3, 0.4) is 0 Å². The average Bonchev–Trinajstić information content (AvgIpc) is 2.98. The highest BCUT2D eigenvalue weighted by Crippen LogP contribution is 2.39. The molecule has 0 aliphatic carbocycles. The Labute approximate surface area is 156 Å². The van der Waals surface area contributed by atoms with E-state index >= 15 is 0 Å². The van der Waals surface area contributed by atoms with Gasteiger partial charge in [0.05, 0.1) is 20.8 Å². The van der Waals surface area contributed by atoms with Crippen LogP contribution in [0.1, 0.15) is 5.69 Å². The number of pyridine rings is 1. The van der Waals surface area contributed by atoms with Gasteiger partial charge in [0.15, 0.2) is 5.82 Å². The van der Waals surface area contributed by atoms with Gasteiger partial charge >= 0.3 is 0 Å². The van der Waals surface area contributed by atoms with E-state index in [4.69, 9.17) is 17.3 Å². The number of hydrogen-bond acceptors (Lipinski definition) is 7. The van der Waals surface area contributed by atoms with E-state index in [1.54, 1.807) is 18.3 Å². The zero-order chi connectivity index (χ0) is 18.3. The number of hydrogen-bond donors (Lipinski definition) is 2. The van der Waals surface area contributed by atoms with E-state index in [2.05, 4.69) is 25.3 Å². The van der Waals surface area contributed by atoms with Gasteiger partial charge in [0, 0.05) is 23.6 Å². The van der Waals surface area contributed by atoms with Crippen LogP contribution in [0.4, 0.5) is 21.7 Å². The molecule has 26 heavy (non-hydrogen) atoms. The van der Waals surface area contributed by atoms with Gasteiger partial charge in [-0.3, -0.25) is 0 Å². The molecule has 0 atom stereocenters. The van der Waals surface area contributed by atoms with Crippen LogP contribution in [0.25, 0.3) is 20.8 Å². The van der Waals surface area contributed by atoms with Crippen LogP contribution in [0.5, 0.6) is 0 Å². The first kappa shape index (κ1) is 16.6. The first-order valence-corrected chi connectivity index (χ1v) is 8.77. The van der Waals surface area contributed by atoms with Crippen molar-refractivity contribution in [2.45, 2.75) is 6.92 Å². The van der Waals surface area contributed by atoms with Gasteiger partial charge in [-0.1, -0.05) is 11.6 Å². The number of aryl methyl sites for hydroxylation is 1. The van der Waals surface area contributed by atoms with Gasteiger partial charge in [0.2, 0.25) is 0 Å². The van der Waals surface area contributed by atoms with Crippen molar-refractivity contribution in [2.75, 3.05) is 11.1 Å². The van der Waals surface area contributed by atoms with Crippen LogP contribution in [-0.4, -0.2) is 19.9 Å². The highest BCUT2D eigenvalue weighted by Gasteiger charge is 2.17. The number of benzene rings is 1. The smallest absolute Gasteiger partial charge is 0.151 e. The molecule has 0 aliphatic heterocycles. The molecule has 130 valence electrons. The minimum absolute atomic E-state index is 0.218. The van der Waals surface area contributed by atoms with Gasteiger partial charge in [0.25, 0.3) is 0 Å². The van der Waals surface area contributed by atoms with E-state index in [9.17, 15) is 4.39 Å². The normalized spacial score (nSPS) is 11.0. The number of aromatic nitrogens is 4. The van der Waals surface area contributed by atoms with Crippen LogP contribution >= 0.6 is 22.9 Å². The van der Waals surface area contributed by atoms with Crippen LogP contribution in [0, 0.1) is 12.7 Å². The number of nitrogen functional groups attached to an aromatic ring is 1. The van der Waals surface area contributed by atoms with Crippen molar-refractivity contribution >= 4 is 50.5 Å². The second-order valence-electron chi connectivity index (χ2n) is 5.56. The van der Waals surface area contributed by atoms with E-state index in [0.717, 1.165) is 10.4 Å². The van der Waals surface area contributed by atoms with Crippen LogP contribution in [0.15, 0.2) is 36.8 Å². The number of nitrogens with two attached hydrogens (primary N) is 1. The molecule has 6 nitrogen and oxygen atoms in total. The maximum atomic E-state index is 14.4. The van der Waals surface area contributed by atoms with Gasteiger partial charge in [-0.15, -0.1) is 11.3 Å². The Bertz CT molecular complexity index is 1110. The molecule has 4 rings (SSSR count). The minimum Gasteiger partial charge on any atom is -0.399 e. The molecule has 4 aromatic rings. The number of anilines is 3. The largest absolute Gasteiger partial charge is 0.399 e. The van der Waals surface area contributed by atoms with Crippen LogP contribution in [-0.2, 0) is 0 Å². The summed E-state index contributed by atoms with van der Waals surface area (Å²) >= 11 is 7.47. The molecular weight excluding hydrogens is 375 g/mol. The first-order valence-electron chi connectivity index (χ1n) is 7.57. The number of nitrogens with zero attached hydrogens (tertiary/aromatic N) is 4. The maximum Gasteiger partial charge on any atom is 0.151 e. The van der Waals surface area contributed by atoms with Gasteiger partial charge in [-0.05, 0) is 25.1 Å². The summed E-state index contributed by atoms with van der Waals surface area (Å²) in [4.78, 5) is 17.1. The fraction of sp³-hybridized carbons (Fsp3) is 0.0588. The summed E-state index contributed by atoms with van der Waals surface area (Å²) in [6.07, 6.45) is 3.10. The number of thiazole rings is 1. The summed E-state index contributed by atoms with van der Waals surface area (Å²) in [7, 11) is 0. The third-order valence-corrected chi connectivity index (χ3v) is 5.03. The maximum absolute atomic E-state index is 14.4. The minimum atomic E-state index is -0.511. The Morgan fingerprint density at radius 3 is 2.81 bits per heavy atom. The van der Waals surface area contributed by atoms with Gasteiger partial charge in [-0.25, -0.2) is 24.3 Å². The fourth-order valence-electron chi connectivity index (χ4n) is 2.49. The second kappa shape index (κ2) is 6.47. The second-order valence-corrected chi connectivity index (χ2v) is 6.96. The summed E-state index contributed by atoms with van der Waals surface area (Å²) in [5.74, 6) is 0.684. The van der Waals surface area contributed by atoms with Gasteiger partial charge in [0.1, 0.15) is 23.0 Å². The number of rotatable bonds is 3. The van der Waals surface area contributed by atoms with E-state index in [0.29, 0.717) is 22.2 Å². The number of fused-ring (bicyclic) bond motifs is 1. The first-order chi connectivity index (χ1) is 12.5. The Balaban J connectivity index is 1.81. The number of halogens is 2. The van der Waals surface area contributed by atoms with E-state index in [-0.39, 0.29) is 16.3 Å². The summed E-state index contributed by atoms with van der Waals surface area (Å²) in [5.41, 5.74) is 7.63. The van der Waals surface area contributed by atoms with E-state index < -0.39 is 5.82 Å². The monoisotopic (exact) mass is 386 g/mol. The van der Waals surface area contributed by atoms with E-state index in [1.165, 1.54) is 29.8 Å². The molecule has 0 amide bonds. The standard InChI is InChI=1S/C17H12ClFN6S/c1-8-4-13(23-7-22-8)25-16-15-12(2-3-21-16)24-17(26-15)14-10(18)5-9(20)6-11(14)19/h2-7H,20H2,1H3,(H,21,22,23,25). The zero-order valence-electron chi connectivity index (χ0n) is 13.5. The summed E-state index contributed by atoms with van der Waals surface area (Å²) < 4.78 is 15.1. The third-order valence-electron chi connectivity index (χ3n) is 3.63. The molecule has 0 saturated carbocycles. The van der Waals surface area contributed by atoms with Crippen LogP contribution < -0.4 is 11.1 Å². The lowest BCUT2D eigenvalue weighted by molar-refractivity contribution is 0.632. The van der Waals surface area contributed by atoms with Crippen LogP contribution in [0.2, 0.25) is 5.02 Å². The molecule has 1 aromatic carbocycles. The lowest BCUT2D eigenvalue weighted by atomic mass is 10.2. The molecule has 3 aromatic heterocycles. The van der Waals surface area contributed by atoms with Crippen molar-refractivity contribution in [3.05, 3.63) is 53.3 Å². The van der Waals surface area contributed by atoms with Crippen molar-refractivity contribution in [3.8, 4) is 10.6 Å². The molecule has 0 fully saturated rings. The quantitative estimate of drug-likeness (QED) is 0.501. The Kier molecular flexibility index (Phi) is 4.14. The topological polar surface area (TPSA) is 89.6 Å². The SMILES string of the molecule is Cc1cc(Nc2nccc3nc(-c4c(F)cc(N)cc4Cl)sc23)ncn1. The predicted octanol–water partition coefficient (Wildman–Crippen LogP) is 4.58. The third kappa shape index (κ3) is 3.04. The molecule has 0 saturated heterocycles. The van der Waals surface area contributed by atoms with E-state index in [1.807, 2.05) is 6.92 Å². The lowest BCUT2D eigenvalue weighted by Gasteiger charge is -2.05. The fourth-order valence-corrected chi connectivity index (χ4v) is 3.92. The highest BCUT2D eigenvalue weighted by molar-refractivity contribution is 7.22.